The molecule has 0 bridgehead atoms. The van der Waals surface area contributed by atoms with Crippen LogP contribution < -0.4 is 5.32 Å². The van der Waals surface area contributed by atoms with Gasteiger partial charge in [-0.05, 0) is 47.5 Å². The summed E-state index contributed by atoms with van der Waals surface area (Å²) in [7, 11) is 0. The second kappa shape index (κ2) is 8.84. The lowest BCUT2D eigenvalue weighted by Crippen LogP contribution is -2.14. The molecule has 0 saturated carbocycles. The molecule has 0 aliphatic rings. The summed E-state index contributed by atoms with van der Waals surface area (Å²) >= 11 is 12.2. The second-order valence-corrected chi connectivity index (χ2v) is 7.50. The molecule has 0 fully saturated rings. The molecule has 1 amide bonds. The number of benzene rings is 3. The first-order valence-electron chi connectivity index (χ1n) is 9.20. The highest BCUT2D eigenvalue weighted by molar-refractivity contribution is 6.35. The number of carbonyl (C=O) groups excluding carboxylic acids is 1. The normalized spacial score (nSPS) is 10.7. The number of amides is 1. The van der Waals surface area contributed by atoms with Crippen molar-refractivity contribution in [2.24, 2.45) is 0 Å². The van der Waals surface area contributed by atoms with Gasteiger partial charge in [-0.1, -0.05) is 59.6 Å². The molecule has 0 radical (unpaired) electrons. The van der Waals surface area contributed by atoms with Crippen LogP contribution in [0.1, 0.15) is 10.4 Å². The highest BCUT2D eigenvalue weighted by Gasteiger charge is 2.20. The minimum Gasteiger partial charge on any atom is -0.307 e. The van der Waals surface area contributed by atoms with E-state index < -0.39 is 17.5 Å². The smallest absolute Gasteiger partial charge is 0.258 e. The van der Waals surface area contributed by atoms with Gasteiger partial charge in [-0.25, -0.2) is 13.8 Å². The van der Waals surface area contributed by atoms with Crippen LogP contribution in [0.5, 0.6) is 0 Å². The van der Waals surface area contributed by atoms with E-state index in [2.05, 4.69) is 10.3 Å². The molecule has 0 aliphatic carbocycles. The van der Waals surface area contributed by atoms with Crippen molar-refractivity contribution < 1.29 is 13.6 Å². The van der Waals surface area contributed by atoms with Gasteiger partial charge in [0.2, 0.25) is 0 Å². The molecule has 1 aromatic heterocycles. The number of halogens is 4. The van der Waals surface area contributed by atoms with Crippen molar-refractivity contribution in [2.45, 2.75) is 0 Å². The van der Waals surface area contributed by atoms with Gasteiger partial charge >= 0.3 is 0 Å². The number of hydrogen-bond donors (Lipinski definition) is 1. The lowest BCUT2D eigenvalue weighted by atomic mass is 9.92. The van der Waals surface area contributed by atoms with E-state index in [1.807, 2.05) is 0 Å². The molecule has 0 atom stereocenters. The minimum atomic E-state index is -0.544. The number of aromatic nitrogens is 1. The van der Waals surface area contributed by atoms with Gasteiger partial charge in [-0.3, -0.25) is 4.79 Å². The van der Waals surface area contributed by atoms with Crippen molar-refractivity contribution in [3.8, 4) is 22.3 Å². The number of nitrogens with zero attached hydrogens (tertiary/aromatic N) is 1. The second-order valence-electron chi connectivity index (χ2n) is 6.65. The Balaban J connectivity index is 1.86. The maximum absolute atomic E-state index is 14.6. The molecule has 1 heterocycles. The van der Waals surface area contributed by atoms with Gasteiger partial charge in [0, 0.05) is 17.3 Å². The van der Waals surface area contributed by atoms with Crippen LogP contribution in [0.15, 0.2) is 79.0 Å². The lowest BCUT2D eigenvalue weighted by Gasteiger charge is -2.15. The molecule has 3 nitrogen and oxygen atoms in total. The van der Waals surface area contributed by atoms with E-state index >= 15 is 0 Å². The fourth-order valence-corrected chi connectivity index (χ4v) is 3.55. The first-order chi connectivity index (χ1) is 14.9. The Bertz CT molecular complexity index is 1280. The molecule has 4 rings (SSSR count). The first kappa shape index (κ1) is 21.0. The third-order valence-corrected chi connectivity index (χ3v) is 5.19. The predicted molar refractivity (Wildman–Crippen MR) is 119 cm³/mol. The molecule has 154 valence electrons. The van der Waals surface area contributed by atoms with Crippen molar-refractivity contribution in [1.29, 1.82) is 0 Å². The third-order valence-electron chi connectivity index (χ3n) is 4.65. The van der Waals surface area contributed by atoms with Crippen LogP contribution in [0.2, 0.25) is 10.0 Å². The Hall–Kier alpha value is -3.28. The van der Waals surface area contributed by atoms with Gasteiger partial charge in [0.05, 0.1) is 15.6 Å². The summed E-state index contributed by atoms with van der Waals surface area (Å²) in [6.07, 6.45) is 1.39. The Morgan fingerprint density at radius 3 is 1.90 bits per heavy atom. The molecule has 1 N–H and O–H groups in total. The molecular weight excluding hydrogens is 441 g/mol. The summed E-state index contributed by atoms with van der Waals surface area (Å²) in [4.78, 5) is 16.9. The number of rotatable bonds is 4. The van der Waals surface area contributed by atoms with E-state index in [4.69, 9.17) is 23.2 Å². The Kier molecular flexibility index (Phi) is 5.98. The maximum Gasteiger partial charge on any atom is 0.258 e. The number of anilines is 1. The summed E-state index contributed by atoms with van der Waals surface area (Å²) in [5.41, 5.74) is 1.26. The van der Waals surface area contributed by atoms with E-state index in [9.17, 15) is 13.6 Å². The standard InChI is InChI=1S/C24H14Cl2F2N2O/c25-14-9-10-23(29-13-14)30-24(31)19-11-17(15-5-1-3-7-21(15)27)18(12-20(19)26)16-6-2-4-8-22(16)28/h1-13H,(H,29,30,31). The highest BCUT2D eigenvalue weighted by atomic mass is 35.5. The van der Waals surface area contributed by atoms with Crippen LogP contribution in [-0.4, -0.2) is 10.9 Å². The van der Waals surface area contributed by atoms with Crippen molar-refractivity contribution >= 4 is 34.9 Å². The monoisotopic (exact) mass is 454 g/mol. The van der Waals surface area contributed by atoms with Crippen LogP contribution in [0.4, 0.5) is 14.6 Å². The molecule has 3 aromatic carbocycles. The summed E-state index contributed by atoms with van der Waals surface area (Å²) in [6.45, 7) is 0. The summed E-state index contributed by atoms with van der Waals surface area (Å²) < 4.78 is 29.2. The Labute approximate surface area is 187 Å². The SMILES string of the molecule is O=C(Nc1ccc(Cl)cn1)c1cc(-c2ccccc2F)c(-c2ccccc2F)cc1Cl. The Morgan fingerprint density at radius 2 is 1.35 bits per heavy atom. The average molecular weight is 455 g/mol. The number of carbonyl (C=O) groups is 1. The van der Waals surface area contributed by atoms with E-state index in [1.54, 1.807) is 48.5 Å². The zero-order chi connectivity index (χ0) is 22.0. The topological polar surface area (TPSA) is 42.0 Å². The number of hydrogen-bond acceptors (Lipinski definition) is 2. The van der Waals surface area contributed by atoms with E-state index in [-0.39, 0.29) is 27.5 Å². The summed E-state index contributed by atoms with van der Waals surface area (Å²) in [5.74, 6) is -1.26. The summed E-state index contributed by atoms with van der Waals surface area (Å²) in [5, 5.41) is 3.14. The third kappa shape index (κ3) is 4.43. The van der Waals surface area contributed by atoms with Gasteiger partial charge in [0.1, 0.15) is 17.5 Å². The molecule has 7 heteroatoms. The molecule has 0 spiro atoms. The molecule has 31 heavy (non-hydrogen) atoms. The van der Waals surface area contributed by atoms with Crippen molar-refractivity contribution in [2.75, 3.05) is 5.32 Å². The average Bonchev–Trinajstić information content (AvgIpc) is 2.76. The zero-order valence-corrected chi connectivity index (χ0v) is 17.4. The quantitative estimate of drug-likeness (QED) is 0.352. The summed E-state index contributed by atoms with van der Waals surface area (Å²) in [6, 6.07) is 18.2. The van der Waals surface area contributed by atoms with E-state index in [0.29, 0.717) is 16.1 Å². The number of nitrogens with one attached hydrogen (secondary N) is 1. The molecule has 0 saturated heterocycles. The minimum absolute atomic E-state index is 0.0878. The Morgan fingerprint density at radius 1 is 0.774 bits per heavy atom. The molecule has 0 unspecified atom stereocenters. The maximum atomic E-state index is 14.6. The number of pyridine rings is 1. The van der Waals surface area contributed by atoms with Crippen molar-refractivity contribution in [1.82, 2.24) is 4.98 Å². The van der Waals surface area contributed by atoms with Gasteiger partial charge in [-0.2, -0.15) is 0 Å². The first-order valence-corrected chi connectivity index (χ1v) is 9.96. The van der Waals surface area contributed by atoms with Crippen LogP contribution >= 0.6 is 23.2 Å². The van der Waals surface area contributed by atoms with Crippen LogP contribution in [0.25, 0.3) is 22.3 Å². The lowest BCUT2D eigenvalue weighted by molar-refractivity contribution is 0.102. The van der Waals surface area contributed by atoms with Gasteiger partial charge in [0.15, 0.2) is 0 Å². The highest BCUT2D eigenvalue weighted by Crippen LogP contribution is 2.38. The molecule has 4 aromatic rings. The van der Waals surface area contributed by atoms with E-state index in [1.165, 1.54) is 30.5 Å². The van der Waals surface area contributed by atoms with Crippen LogP contribution in [0, 0.1) is 11.6 Å². The fourth-order valence-electron chi connectivity index (χ4n) is 3.19. The van der Waals surface area contributed by atoms with Crippen molar-refractivity contribution in [3.05, 3.63) is 106 Å². The van der Waals surface area contributed by atoms with Crippen molar-refractivity contribution in [3.63, 3.8) is 0 Å². The molecule has 0 aliphatic heterocycles. The zero-order valence-electron chi connectivity index (χ0n) is 15.9. The fraction of sp³-hybridized carbons (Fsp3) is 0. The van der Waals surface area contributed by atoms with Gasteiger partial charge in [0.25, 0.3) is 5.91 Å². The molecular formula is C24H14Cl2F2N2O. The van der Waals surface area contributed by atoms with Crippen LogP contribution in [0.3, 0.4) is 0 Å². The van der Waals surface area contributed by atoms with Gasteiger partial charge < -0.3 is 5.32 Å². The predicted octanol–water partition coefficient (Wildman–Crippen LogP) is 7.25. The largest absolute Gasteiger partial charge is 0.307 e. The van der Waals surface area contributed by atoms with E-state index in [0.717, 1.165) is 0 Å². The van der Waals surface area contributed by atoms with Gasteiger partial charge in [-0.15, -0.1) is 0 Å². The van der Waals surface area contributed by atoms with Crippen LogP contribution in [-0.2, 0) is 0 Å².